The summed E-state index contributed by atoms with van der Waals surface area (Å²) in [4.78, 5) is 4.71. The fourth-order valence-electron chi connectivity index (χ4n) is 3.29. The first-order chi connectivity index (χ1) is 9.97. The number of hydrogen-bond donors (Lipinski definition) is 1. The number of benzene rings is 1. The molecule has 0 amide bonds. The molecule has 1 N–H and O–H groups in total. The number of nitrogens with zero attached hydrogens (tertiary/aromatic N) is 2. The molecule has 1 aromatic rings. The quantitative estimate of drug-likeness (QED) is 0.899. The third-order valence-electron chi connectivity index (χ3n) is 4.77. The topological polar surface area (TPSA) is 18.5 Å². The molecular weight excluding hydrogens is 258 g/mol. The van der Waals surface area contributed by atoms with Gasteiger partial charge in [-0.2, -0.15) is 0 Å². The van der Waals surface area contributed by atoms with Gasteiger partial charge in [-0.25, -0.2) is 0 Å². The van der Waals surface area contributed by atoms with E-state index in [0.29, 0.717) is 18.0 Å². The minimum Gasteiger partial charge on any atom is -0.310 e. The molecule has 3 unspecified atom stereocenters. The maximum atomic E-state index is 3.81. The largest absolute Gasteiger partial charge is 0.310 e. The zero-order valence-electron chi connectivity index (χ0n) is 14.3. The molecule has 0 saturated carbocycles. The van der Waals surface area contributed by atoms with Crippen LogP contribution in [0.15, 0.2) is 24.3 Å². The van der Waals surface area contributed by atoms with Crippen LogP contribution >= 0.6 is 0 Å². The molecule has 3 atom stereocenters. The van der Waals surface area contributed by atoms with Gasteiger partial charge in [0.25, 0.3) is 0 Å². The standard InChI is InChI=1S/C18H31N3/c1-14-12-21(5)15(2)10-18(14)19-11-16-8-6-7-9-17(16)13-20(3)4/h6-9,14-15,18-19H,10-13H2,1-5H3. The van der Waals surface area contributed by atoms with Crippen LogP contribution in [0.25, 0.3) is 0 Å². The summed E-state index contributed by atoms with van der Waals surface area (Å²) in [5.74, 6) is 0.715. The summed E-state index contributed by atoms with van der Waals surface area (Å²) in [5, 5.41) is 3.81. The van der Waals surface area contributed by atoms with Crippen molar-refractivity contribution in [2.75, 3.05) is 27.7 Å². The van der Waals surface area contributed by atoms with Crippen LogP contribution < -0.4 is 5.32 Å². The van der Waals surface area contributed by atoms with Gasteiger partial charge in [0.05, 0.1) is 0 Å². The highest BCUT2D eigenvalue weighted by molar-refractivity contribution is 5.27. The van der Waals surface area contributed by atoms with E-state index < -0.39 is 0 Å². The van der Waals surface area contributed by atoms with E-state index in [9.17, 15) is 0 Å². The number of hydrogen-bond acceptors (Lipinski definition) is 3. The fraction of sp³-hybridized carbons (Fsp3) is 0.667. The van der Waals surface area contributed by atoms with Crippen LogP contribution in [0.1, 0.15) is 31.4 Å². The first-order valence-corrected chi connectivity index (χ1v) is 8.12. The monoisotopic (exact) mass is 289 g/mol. The Balaban J connectivity index is 1.96. The smallest absolute Gasteiger partial charge is 0.0230 e. The molecule has 0 aromatic heterocycles. The highest BCUT2D eigenvalue weighted by Crippen LogP contribution is 2.21. The van der Waals surface area contributed by atoms with Gasteiger partial charge in [-0.05, 0) is 51.5 Å². The van der Waals surface area contributed by atoms with Crippen molar-refractivity contribution in [3.63, 3.8) is 0 Å². The van der Waals surface area contributed by atoms with Gasteiger partial charge in [-0.1, -0.05) is 31.2 Å². The summed E-state index contributed by atoms with van der Waals surface area (Å²) in [6.45, 7) is 7.89. The highest BCUT2D eigenvalue weighted by Gasteiger charge is 2.28. The Bertz CT molecular complexity index is 444. The van der Waals surface area contributed by atoms with E-state index in [0.717, 1.165) is 13.1 Å². The Morgan fingerprint density at radius 1 is 1.19 bits per heavy atom. The van der Waals surface area contributed by atoms with E-state index in [1.807, 2.05) is 0 Å². The molecule has 118 valence electrons. The van der Waals surface area contributed by atoms with Crippen LogP contribution in [0.5, 0.6) is 0 Å². The number of nitrogens with one attached hydrogen (secondary N) is 1. The van der Waals surface area contributed by atoms with E-state index in [4.69, 9.17) is 0 Å². The molecule has 1 heterocycles. The molecule has 3 nitrogen and oxygen atoms in total. The zero-order chi connectivity index (χ0) is 15.4. The second kappa shape index (κ2) is 7.39. The van der Waals surface area contributed by atoms with Crippen molar-refractivity contribution < 1.29 is 0 Å². The zero-order valence-corrected chi connectivity index (χ0v) is 14.3. The Labute approximate surface area is 130 Å². The minimum absolute atomic E-state index is 0.628. The van der Waals surface area contributed by atoms with Crippen molar-refractivity contribution in [2.45, 2.75) is 45.4 Å². The van der Waals surface area contributed by atoms with Crippen molar-refractivity contribution in [3.8, 4) is 0 Å². The second-order valence-corrected chi connectivity index (χ2v) is 7.00. The molecule has 1 fully saturated rings. The first-order valence-electron chi connectivity index (χ1n) is 8.12. The lowest BCUT2D eigenvalue weighted by Gasteiger charge is -2.40. The maximum Gasteiger partial charge on any atom is 0.0230 e. The molecule has 21 heavy (non-hydrogen) atoms. The fourth-order valence-corrected chi connectivity index (χ4v) is 3.29. The third-order valence-corrected chi connectivity index (χ3v) is 4.77. The van der Waals surface area contributed by atoms with Crippen molar-refractivity contribution in [3.05, 3.63) is 35.4 Å². The minimum atomic E-state index is 0.628. The van der Waals surface area contributed by atoms with Crippen molar-refractivity contribution in [1.82, 2.24) is 15.1 Å². The van der Waals surface area contributed by atoms with Gasteiger partial charge in [0.2, 0.25) is 0 Å². The maximum absolute atomic E-state index is 3.81. The Kier molecular flexibility index (Phi) is 5.80. The van der Waals surface area contributed by atoms with E-state index >= 15 is 0 Å². The normalized spacial score (nSPS) is 27.2. The molecule has 0 bridgehead atoms. The molecule has 3 heteroatoms. The summed E-state index contributed by atoms with van der Waals surface area (Å²) in [6, 6.07) is 10.1. The van der Waals surface area contributed by atoms with E-state index in [1.165, 1.54) is 24.1 Å². The van der Waals surface area contributed by atoms with Crippen LogP contribution in [0, 0.1) is 5.92 Å². The van der Waals surface area contributed by atoms with Crippen molar-refractivity contribution in [1.29, 1.82) is 0 Å². The van der Waals surface area contributed by atoms with Gasteiger partial charge < -0.3 is 15.1 Å². The van der Waals surface area contributed by atoms with Crippen LogP contribution in [0.4, 0.5) is 0 Å². The average Bonchev–Trinajstić information content (AvgIpc) is 2.42. The van der Waals surface area contributed by atoms with Gasteiger partial charge in [0.1, 0.15) is 0 Å². The first kappa shape index (κ1) is 16.5. The lowest BCUT2D eigenvalue weighted by atomic mass is 9.89. The predicted molar refractivity (Wildman–Crippen MR) is 90.3 cm³/mol. The summed E-state index contributed by atoms with van der Waals surface area (Å²) in [6.07, 6.45) is 1.24. The van der Waals surface area contributed by atoms with E-state index in [1.54, 1.807) is 0 Å². The van der Waals surface area contributed by atoms with Crippen LogP contribution in [-0.2, 0) is 13.1 Å². The summed E-state index contributed by atoms with van der Waals surface area (Å²) >= 11 is 0. The molecule has 2 rings (SSSR count). The molecule has 1 aliphatic heterocycles. The molecular formula is C18H31N3. The van der Waals surface area contributed by atoms with Gasteiger partial charge in [0.15, 0.2) is 0 Å². The van der Waals surface area contributed by atoms with E-state index in [-0.39, 0.29) is 0 Å². The predicted octanol–water partition coefficient (Wildman–Crippen LogP) is 2.57. The lowest BCUT2D eigenvalue weighted by Crippen LogP contribution is -2.50. The average molecular weight is 289 g/mol. The van der Waals surface area contributed by atoms with Gasteiger partial charge in [-0.15, -0.1) is 0 Å². The lowest BCUT2D eigenvalue weighted by molar-refractivity contribution is 0.121. The Morgan fingerprint density at radius 3 is 2.52 bits per heavy atom. The number of piperidine rings is 1. The van der Waals surface area contributed by atoms with Crippen LogP contribution in [0.3, 0.4) is 0 Å². The SMILES string of the molecule is CC1CN(C)C(C)CC1NCc1ccccc1CN(C)C. The molecule has 1 aromatic carbocycles. The Morgan fingerprint density at radius 2 is 1.86 bits per heavy atom. The molecule has 1 aliphatic rings. The van der Waals surface area contributed by atoms with E-state index in [2.05, 4.69) is 74.4 Å². The Hall–Kier alpha value is -0.900. The molecule has 0 aliphatic carbocycles. The van der Waals surface area contributed by atoms with Crippen LogP contribution in [0.2, 0.25) is 0 Å². The summed E-state index contributed by atoms with van der Waals surface area (Å²) in [7, 11) is 6.50. The highest BCUT2D eigenvalue weighted by atomic mass is 15.2. The molecule has 0 radical (unpaired) electrons. The third kappa shape index (κ3) is 4.53. The van der Waals surface area contributed by atoms with Gasteiger partial charge >= 0.3 is 0 Å². The van der Waals surface area contributed by atoms with Crippen molar-refractivity contribution in [2.24, 2.45) is 5.92 Å². The number of rotatable bonds is 5. The summed E-state index contributed by atoms with van der Waals surface area (Å²) < 4.78 is 0. The number of likely N-dealkylation sites (tertiary alicyclic amines) is 1. The summed E-state index contributed by atoms with van der Waals surface area (Å²) in [5.41, 5.74) is 2.87. The molecule has 0 spiro atoms. The van der Waals surface area contributed by atoms with Crippen molar-refractivity contribution >= 4 is 0 Å². The second-order valence-electron chi connectivity index (χ2n) is 7.00. The van der Waals surface area contributed by atoms with Gasteiger partial charge in [-0.3, -0.25) is 0 Å². The van der Waals surface area contributed by atoms with Crippen LogP contribution in [-0.4, -0.2) is 49.6 Å². The van der Waals surface area contributed by atoms with Gasteiger partial charge in [0, 0.05) is 31.7 Å². The molecule has 1 saturated heterocycles.